The fraction of sp³-hybridized carbons (Fsp3) is 0.238. The third-order valence-electron chi connectivity index (χ3n) is 4.19. The summed E-state index contributed by atoms with van der Waals surface area (Å²) in [6.45, 7) is 3.56. The van der Waals surface area contributed by atoms with Crippen molar-refractivity contribution < 1.29 is 18.7 Å². The number of nitrogens with one attached hydrogen (secondary N) is 1. The minimum Gasteiger partial charge on any atom is -0.464 e. The zero-order valence-electron chi connectivity index (χ0n) is 14.8. The first-order chi connectivity index (χ1) is 12.5. The Hall–Kier alpha value is -3.08. The number of carbonyl (C=O) groups excluding carboxylic acids is 2. The van der Waals surface area contributed by atoms with Crippen molar-refractivity contribution in [2.24, 2.45) is 0 Å². The molecule has 0 bridgehead atoms. The van der Waals surface area contributed by atoms with E-state index in [1.807, 2.05) is 62.4 Å². The van der Waals surface area contributed by atoms with E-state index in [2.05, 4.69) is 5.32 Å². The lowest BCUT2D eigenvalue weighted by atomic mass is 10.1. The predicted molar refractivity (Wildman–Crippen MR) is 98.6 cm³/mol. The van der Waals surface area contributed by atoms with Crippen LogP contribution in [0.25, 0.3) is 11.0 Å². The Morgan fingerprint density at radius 2 is 1.92 bits per heavy atom. The highest BCUT2D eigenvalue weighted by Crippen LogP contribution is 2.22. The van der Waals surface area contributed by atoms with Crippen LogP contribution in [0.1, 0.15) is 29.7 Å². The predicted octanol–water partition coefficient (Wildman–Crippen LogP) is 3.70. The summed E-state index contributed by atoms with van der Waals surface area (Å²) in [7, 11) is 0. The number of rotatable bonds is 6. The molecular formula is C21H21NO4. The lowest BCUT2D eigenvalue weighted by Gasteiger charge is -2.14. The van der Waals surface area contributed by atoms with Crippen molar-refractivity contribution in [3.05, 3.63) is 71.5 Å². The summed E-state index contributed by atoms with van der Waals surface area (Å²) in [6.07, 6.45) is 1.63. The van der Waals surface area contributed by atoms with E-state index in [1.54, 1.807) is 6.26 Å². The molecule has 3 aromatic rings. The fourth-order valence-corrected chi connectivity index (χ4v) is 2.79. The smallest absolute Gasteiger partial charge is 0.310 e. The first kappa shape index (κ1) is 17.7. The van der Waals surface area contributed by atoms with Crippen molar-refractivity contribution in [3.63, 3.8) is 0 Å². The lowest BCUT2D eigenvalue weighted by molar-refractivity contribution is -0.148. The summed E-state index contributed by atoms with van der Waals surface area (Å²) < 4.78 is 10.6. The zero-order valence-corrected chi connectivity index (χ0v) is 14.8. The summed E-state index contributed by atoms with van der Waals surface area (Å²) in [5.41, 5.74) is 3.57. The molecule has 5 nitrogen and oxygen atoms in total. The van der Waals surface area contributed by atoms with E-state index < -0.39 is 5.97 Å². The molecule has 0 saturated carbocycles. The maximum Gasteiger partial charge on any atom is 0.310 e. The second-order valence-corrected chi connectivity index (χ2v) is 6.30. The van der Waals surface area contributed by atoms with Gasteiger partial charge in [0.25, 0.3) is 5.91 Å². The normalized spacial score (nSPS) is 11.9. The molecule has 0 aliphatic rings. The van der Waals surface area contributed by atoms with Gasteiger partial charge >= 0.3 is 5.97 Å². The molecule has 1 atom stereocenters. The largest absolute Gasteiger partial charge is 0.464 e. The first-order valence-electron chi connectivity index (χ1n) is 8.49. The number of benzene rings is 2. The van der Waals surface area contributed by atoms with Gasteiger partial charge in [-0.15, -0.1) is 0 Å². The maximum absolute atomic E-state index is 12.0. The standard InChI is InChI=1S/C21H21NO4/c1-14-8-9-18-17(12-25-19(18)10-14)11-21(24)26-13-20(23)22-15(2)16-6-4-3-5-7-16/h3-10,12,15H,11,13H2,1-2H3,(H,22,23)/t15-/m0/s1. The molecule has 26 heavy (non-hydrogen) atoms. The van der Waals surface area contributed by atoms with Gasteiger partial charge in [0.05, 0.1) is 18.7 Å². The Labute approximate surface area is 152 Å². The molecule has 0 spiro atoms. The van der Waals surface area contributed by atoms with E-state index in [0.29, 0.717) is 0 Å². The molecular weight excluding hydrogens is 330 g/mol. The minimum atomic E-state index is -0.462. The molecule has 0 radical (unpaired) electrons. The number of hydrogen-bond acceptors (Lipinski definition) is 4. The van der Waals surface area contributed by atoms with E-state index in [-0.39, 0.29) is 25.0 Å². The number of hydrogen-bond donors (Lipinski definition) is 1. The number of fused-ring (bicyclic) bond motifs is 1. The van der Waals surface area contributed by atoms with Gasteiger partial charge in [0.15, 0.2) is 6.61 Å². The molecule has 3 rings (SSSR count). The Kier molecular flexibility index (Phi) is 5.37. The molecule has 0 aliphatic heterocycles. The van der Waals surface area contributed by atoms with Crippen molar-refractivity contribution in [3.8, 4) is 0 Å². The van der Waals surface area contributed by atoms with Crippen molar-refractivity contribution >= 4 is 22.8 Å². The topological polar surface area (TPSA) is 68.5 Å². The van der Waals surface area contributed by atoms with Gasteiger partial charge in [-0.25, -0.2) is 0 Å². The number of esters is 1. The maximum atomic E-state index is 12.0. The van der Waals surface area contributed by atoms with E-state index in [4.69, 9.17) is 9.15 Å². The molecule has 1 N–H and O–H groups in total. The van der Waals surface area contributed by atoms with Gasteiger partial charge in [-0.3, -0.25) is 9.59 Å². The molecule has 1 heterocycles. The molecule has 2 aromatic carbocycles. The molecule has 0 unspecified atom stereocenters. The van der Waals surface area contributed by atoms with Crippen LogP contribution in [0.2, 0.25) is 0 Å². The Morgan fingerprint density at radius 3 is 2.69 bits per heavy atom. The highest BCUT2D eigenvalue weighted by Gasteiger charge is 2.14. The number of amides is 1. The second-order valence-electron chi connectivity index (χ2n) is 6.30. The second kappa shape index (κ2) is 7.87. The Bertz CT molecular complexity index is 914. The van der Waals surface area contributed by atoms with Gasteiger partial charge in [0.2, 0.25) is 0 Å². The highest BCUT2D eigenvalue weighted by atomic mass is 16.5. The van der Waals surface area contributed by atoms with Crippen LogP contribution in [0.5, 0.6) is 0 Å². The first-order valence-corrected chi connectivity index (χ1v) is 8.49. The van der Waals surface area contributed by atoms with E-state index in [1.165, 1.54) is 0 Å². The monoisotopic (exact) mass is 351 g/mol. The van der Waals surface area contributed by atoms with Gasteiger partial charge in [-0.2, -0.15) is 0 Å². The van der Waals surface area contributed by atoms with Crippen LogP contribution >= 0.6 is 0 Å². The molecule has 0 saturated heterocycles. The number of carbonyl (C=O) groups is 2. The van der Waals surface area contributed by atoms with Crippen LogP contribution in [-0.2, 0) is 20.7 Å². The van der Waals surface area contributed by atoms with Gasteiger partial charge in [0.1, 0.15) is 5.58 Å². The van der Waals surface area contributed by atoms with Gasteiger partial charge in [-0.1, -0.05) is 42.5 Å². The van der Waals surface area contributed by atoms with Crippen molar-refractivity contribution in [2.45, 2.75) is 26.3 Å². The zero-order chi connectivity index (χ0) is 18.5. The van der Waals surface area contributed by atoms with Crippen LogP contribution < -0.4 is 5.32 Å². The van der Waals surface area contributed by atoms with Gasteiger partial charge in [-0.05, 0) is 31.0 Å². The van der Waals surface area contributed by atoms with Crippen LogP contribution in [0, 0.1) is 6.92 Å². The Balaban J connectivity index is 1.51. The third-order valence-corrected chi connectivity index (χ3v) is 4.19. The van der Waals surface area contributed by atoms with Crippen molar-refractivity contribution in [1.29, 1.82) is 0 Å². The Morgan fingerprint density at radius 1 is 1.15 bits per heavy atom. The molecule has 134 valence electrons. The third kappa shape index (κ3) is 4.30. The average molecular weight is 351 g/mol. The van der Waals surface area contributed by atoms with Crippen molar-refractivity contribution in [2.75, 3.05) is 6.61 Å². The molecule has 1 amide bonds. The van der Waals surface area contributed by atoms with Crippen LogP contribution in [0.3, 0.4) is 0 Å². The van der Waals surface area contributed by atoms with Crippen molar-refractivity contribution in [1.82, 2.24) is 5.32 Å². The lowest BCUT2D eigenvalue weighted by Crippen LogP contribution is -2.31. The van der Waals surface area contributed by atoms with E-state index >= 15 is 0 Å². The highest BCUT2D eigenvalue weighted by molar-refractivity contribution is 5.87. The quantitative estimate of drug-likeness (QED) is 0.688. The molecule has 1 aromatic heterocycles. The summed E-state index contributed by atoms with van der Waals surface area (Å²) in [4.78, 5) is 24.0. The van der Waals surface area contributed by atoms with Crippen LogP contribution in [0.15, 0.2) is 59.2 Å². The summed E-state index contributed by atoms with van der Waals surface area (Å²) in [6, 6.07) is 15.3. The minimum absolute atomic E-state index is 0.0670. The molecule has 5 heteroatoms. The number of ether oxygens (including phenoxy) is 1. The molecule has 0 aliphatic carbocycles. The average Bonchev–Trinajstić information content (AvgIpc) is 3.02. The fourth-order valence-electron chi connectivity index (χ4n) is 2.79. The van der Waals surface area contributed by atoms with E-state index in [0.717, 1.165) is 27.7 Å². The van der Waals surface area contributed by atoms with Gasteiger partial charge in [0, 0.05) is 10.9 Å². The summed E-state index contributed by atoms with van der Waals surface area (Å²) in [5.74, 6) is -0.793. The molecule has 0 fully saturated rings. The van der Waals surface area contributed by atoms with Crippen LogP contribution in [-0.4, -0.2) is 18.5 Å². The van der Waals surface area contributed by atoms with Crippen LogP contribution in [0.4, 0.5) is 0 Å². The SMILES string of the molecule is Cc1ccc2c(CC(=O)OCC(=O)N[C@@H](C)c3ccccc3)coc2c1. The van der Waals surface area contributed by atoms with E-state index in [9.17, 15) is 9.59 Å². The summed E-state index contributed by atoms with van der Waals surface area (Å²) in [5, 5.41) is 3.70. The number of furan rings is 1. The number of aryl methyl sites for hydroxylation is 1. The summed E-state index contributed by atoms with van der Waals surface area (Å²) >= 11 is 0. The van der Waals surface area contributed by atoms with Gasteiger partial charge < -0.3 is 14.5 Å².